The molecule has 1 unspecified atom stereocenters. The molecule has 2 aromatic heterocycles. The number of benzene rings is 2. The van der Waals surface area contributed by atoms with Gasteiger partial charge in [0.15, 0.2) is 0 Å². The minimum atomic E-state index is -0.614. The number of halogens is 1. The van der Waals surface area contributed by atoms with Crippen LogP contribution in [-0.2, 0) is 33.9 Å². The highest BCUT2D eigenvalue weighted by molar-refractivity contribution is 5.95. The molecule has 1 saturated heterocycles. The van der Waals surface area contributed by atoms with Crippen molar-refractivity contribution in [2.45, 2.75) is 97.3 Å². The van der Waals surface area contributed by atoms with E-state index in [0.717, 1.165) is 32.1 Å². The lowest BCUT2D eigenvalue weighted by Crippen LogP contribution is -2.54. The molecule has 3 heterocycles. The van der Waals surface area contributed by atoms with Crippen LogP contribution in [0.5, 0.6) is 0 Å². The predicted molar refractivity (Wildman–Crippen MR) is 209 cm³/mol. The van der Waals surface area contributed by atoms with E-state index in [-0.39, 0.29) is 48.2 Å². The molecule has 300 valence electrons. The van der Waals surface area contributed by atoms with Gasteiger partial charge in [0.1, 0.15) is 23.8 Å². The number of aromatic nitrogens is 5. The number of piperazine rings is 1. The van der Waals surface area contributed by atoms with Gasteiger partial charge in [-0.1, -0.05) is 43.3 Å². The molecule has 13 heteroatoms. The molecule has 5 aliphatic rings. The lowest BCUT2D eigenvalue weighted by atomic mass is 9.45. The Kier molecular flexibility index (Phi) is 9.85. The first-order valence-corrected chi connectivity index (χ1v) is 20.8. The summed E-state index contributed by atoms with van der Waals surface area (Å²) in [5.74, 6) is 1.93. The lowest BCUT2D eigenvalue weighted by Gasteiger charge is -2.60. The van der Waals surface area contributed by atoms with Gasteiger partial charge >= 0.3 is 0 Å². The van der Waals surface area contributed by atoms with Crippen LogP contribution in [0.25, 0.3) is 10.8 Å². The molecule has 2 aromatic carbocycles. The maximum Gasteiger partial charge on any atom is 0.272 e. The number of hydrogen-bond donors (Lipinski definition) is 1. The van der Waals surface area contributed by atoms with Crippen LogP contribution in [0, 0.1) is 40.3 Å². The van der Waals surface area contributed by atoms with Crippen molar-refractivity contribution in [1.29, 1.82) is 0 Å². The number of aromatic amines is 1. The third kappa shape index (κ3) is 6.89. The van der Waals surface area contributed by atoms with Crippen molar-refractivity contribution in [2.24, 2.45) is 34.5 Å². The number of hydrogen-bond acceptors (Lipinski definition) is 8. The first-order valence-electron chi connectivity index (χ1n) is 20.8. The Morgan fingerprint density at radius 2 is 1.68 bits per heavy atom. The van der Waals surface area contributed by atoms with Crippen molar-refractivity contribution in [3.63, 3.8) is 0 Å². The molecule has 9 rings (SSSR count). The van der Waals surface area contributed by atoms with Gasteiger partial charge in [-0.2, -0.15) is 5.10 Å². The van der Waals surface area contributed by atoms with E-state index in [1.807, 2.05) is 12.1 Å². The fourth-order valence-electron chi connectivity index (χ4n) is 11.9. The van der Waals surface area contributed by atoms with Crippen LogP contribution in [-0.4, -0.2) is 84.9 Å². The highest BCUT2D eigenvalue weighted by atomic mass is 19.1. The number of amides is 2. The predicted octanol–water partition coefficient (Wildman–Crippen LogP) is 5.73. The molecule has 57 heavy (non-hydrogen) atoms. The Morgan fingerprint density at radius 1 is 0.912 bits per heavy atom. The van der Waals surface area contributed by atoms with Crippen LogP contribution < -0.4 is 5.56 Å². The van der Waals surface area contributed by atoms with Crippen molar-refractivity contribution >= 4 is 28.4 Å². The number of rotatable bonds is 8. The fraction of sp³-hybridized carbons (Fsp3) is 0.568. The van der Waals surface area contributed by atoms with E-state index >= 15 is 4.39 Å². The summed E-state index contributed by atoms with van der Waals surface area (Å²) in [6.07, 6.45) is 11.9. The highest BCUT2D eigenvalue weighted by Gasteiger charge is 2.60. The summed E-state index contributed by atoms with van der Waals surface area (Å²) >= 11 is 0. The van der Waals surface area contributed by atoms with Crippen LogP contribution in [0.1, 0.15) is 98.9 Å². The number of carbonyl (C=O) groups is 3. The number of nitrogens with one attached hydrogen (secondary N) is 1. The Labute approximate surface area is 331 Å². The van der Waals surface area contributed by atoms with E-state index in [0.29, 0.717) is 88.7 Å². The zero-order valence-electron chi connectivity index (χ0n) is 32.9. The van der Waals surface area contributed by atoms with Crippen molar-refractivity contribution in [1.82, 2.24) is 35.0 Å². The minimum absolute atomic E-state index is 0.0305. The number of ether oxygens (including phenoxy) is 1. The maximum absolute atomic E-state index is 15.0. The Bertz CT molecular complexity index is 2270. The van der Waals surface area contributed by atoms with E-state index in [4.69, 9.17) is 4.74 Å². The van der Waals surface area contributed by atoms with Crippen LogP contribution in [0.4, 0.5) is 4.39 Å². The van der Waals surface area contributed by atoms with E-state index in [1.54, 1.807) is 44.9 Å². The molecule has 2 amide bonds. The number of ketones is 1. The summed E-state index contributed by atoms with van der Waals surface area (Å²) in [5.41, 5.74) is 2.14. The number of fused-ring (bicyclic) bond motifs is 6. The van der Waals surface area contributed by atoms with Gasteiger partial charge in [-0.3, -0.25) is 19.2 Å². The van der Waals surface area contributed by atoms with Crippen molar-refractivity contribution in [3.05, 3.63) is 87.3 Å². The summed E-state index contributed by atoms with van der Waals surface area (Å²) < 4.78 is 23.2. The van der Waals surface area contributed by atoms with Crippen molar-refractivity contribution < 1.29 is 23.5 Å². The number of Topliss-reactive ketones (excluding diaryl/α,β-unsaturated/α-hetero) is 1. The second kappa shape index (κ2) is 14.9. The molecule has 7 atom stereocenters. The third-order valence-corrected chi connectivity index (χ3v) is 15.0. The summed E-state index contributed by atoms with van der Waals surface area (Å²) in [7, 11) is 0. The summed E-state index contributed by atoms with van der Waals surface area (Å²) in [6.45, 7) is 6.52. The second-order valence-corrected chi connectivity index (χ2v) is 17.9. The van der Waals surface area contributed by atoms with Gasteiger partial charge in [0.25, 0.3) is 11.5 Å². The summed E-state index contributed by atoms with van der Waals surface area (Å²) in [5, 5.41) is 16.5. The normalized spacial score (nSPS) is 29.9. The minimum Gasteiger partial charge on any atom is -0.371 e. The van der Waals surface area contributed by atoms with Crippen LogP contribution >= 0.6 is 0 Å². The molecule has 4 aromatic rings. The third-order valence-electron chi connectivity index (χ3n) is 15.0. The zero-order valence-corrected chi connectivity index (χ0v) is 32.9. The van der Waals surface area contributed by atoms with Gasteiger partial charge in [-0.05, 0) is 103 Å². The monoisotopic (exact) mass is 777 g/mol. The molecule has 1 aliphatic heterocycles. The molecule has 0 bridgehead atoms. The van der Waals surface area contributed by atoms with Gasteiger partial charge in [-0.15, -0.1) is 5.10 Å². The van der Waals surface area contributed by atoms with Gasteiger partial charge in [0.05, 0.1) is 35.6 Å². The average molecular weight is 778 g/mol. The molecule has 5 fully saturated rings. The standard InChI is InChI=1S/C44H52FN7O5/c1-43-15-13-30(53)23-28(43)8-9-33-35-10-12-39(44(35,2)16-14-36(33)43)57-26-29-24-52(49-46-29)25-40(54)50-17-19-51(20-18-50)42(56)34-21-27(7-11-37(34)45)22-38-31-5-3-4-6-32(31)41(55)48-47-38/h3-7,11,21,24,28,33,35-36,39H,8-10,12-20,22-23,25-26H2,1-2H3,(H,48,55)/t28-,33-,35-,36-,39?,43-,44-/m0/s1. The van der Waals surface area contributed by atoms with Crippen LogP contribution in [0.15, 0.2) is 53.5 Å². The smallest absolute Gasteiger partial charge is 0.272 e. The van der Waals surface area contributed by atoms with Gasteiger partial charge in [0, 0.05) is 50.8 Å². The second-order valence-electron chi connectivity index (χ2n) is 17.9. The first-order chi connectivity index (χ1) is 27.5. The van der Waals surface area contributed by atoms with E-state index < -0.39 is 11.7 Å². The van der Waals surface area contributed by atoms with Crippen molar-refractivity contribution in [2.75, 3.05) is 26.2 Å². The molecular formula is C44H52FN7O5. The van der Waals surface area contributed by atoms with Crippen LogP contribution in [0.3, 0.4) is 0 Å². The van der Waals surface area contributed by atoms with E-state index in [2.05, 4.69) is 34.4 Å². The maximum atomic E-state index is 15.0. The lowest BCUT2D eigenvalue weighted by molar-refractivity contribution is -0.146. The molecule has 0 radical (unpaired) electrons. The topological polar surface area (TPSA) is 143 Å². The molecule has 4 saturated carbocycles. The van der Waals surface area contributed by atoms with Crippen LogP contribution in [0.2, 0.25) is 0 Å². The molecule has 4 aliphatic carbocycles. The Balaban J connectivity index is 0.764. The van der Waals surface area contributed by atoms with E-state index in [1.165, 1.54) is 31.7 Å². The number of H-pyrrole nitrogens is 1. The average Bonchev–Trinajstić information content (AvgIpc) is 3.81. The molecule has 12 nitrogen and oxygen atoms in total. The van der Waals surface area contributed by atoms with Gasteiger partial charge in [-0.25, -0.2) is 14.2 Å². The number of nitrogens with zero attached hydrogens (tertiary/aromatic N) is 6. The quantitative estimate of drug-likeness (QED) is 0.239. The Morgan fingerprint density at radius 3 is 2.51 bits per heavy atom. The Hall–Kier alpha value is -4.78. The molecular weight excluding hydrogens is 726 g/mol. The highest BCUT2D eigenvalue weighted by Crippen LogP contribution is 2.66. The molecule has 0 spiro atoms. The summed E-state index contributed by atoms with van der Waals surface area (Å²) in [4.78, 5) is 54.6. The molecule has 1 N–H and O–H groups in total. The zero-order chi connectivity index (χ0) is 39.5. The van der Waals surface area contributed by atoms with Gasteiger partial charge < -0.3 is 14.5 Å². The summed E-state index contributed by atoms with van der Waals surface area (Å²) in [6, 6.07) is 11.6. The van der Waals surface area contributed by atoms with Crippen molar-refractivity contribution in [3.8, 4) is 0 Å². The van der Waals surface area contributed by atoms with Gasteiger partial charge in [0.2, 0.25) is 5.91 Å². The number of carbonyl (C=O) groups excluding carboxylic acids is 3. The fourth-order valence-corrected chi connectivity index (χ4v) is 11.9. The van der Waals surface area contributed by atoms with E-state index in [9.17, 15) is 19.2 Å². The largest absolute Gasteiger partial charge is 0.371 e. The SMILES string of the molecule is C[C@]12CCC(=O)C[C@@H]1CC[C@@H]1[C@@H]2CC[C@]2(C)C(OCc3cn(CC(=O)N4CCN(C(=O)c5cc(Cc6n[nH]c(=O)c7ccccc67)ccc5F)CC4)nn3)CC[C@@H]12. The first kappa shape index (κ1) is 37.8.